The van der Waals surface area contributed by atoms with Gasteiger partial charge in [-0.2, -0.15) is 0 Å². The molecule has 23 heavy (non-hydrogen) atoms. The number of nitrogens with zero attached hydrogens (tertiary/aromatic N) is 1. The quantitative estimate of drug-likeness (QED) is 0.894. The Bertz CT molecular complexity index is 734. The van der Waals surface area contributed by atoms with E-state index in [1.165, 1.54) is 10.6 Å². The summed E-state index contributed by atoms with van der Waals surface area (Å²) in [5, 5.41) is 2.98. The molecule has 0 bridgehead atoms. The second-order valence-corrected chi connectivity index (χ2v) is 7.89. The van der Waals surface area contributed by atoms with Gasteiger partial charge in [-0.15, -0.1) is 0 Å². The lowest BCUT2D eigenvalue weighted by molar-refractivity contribution is -0.118. The second-order valence-electron chi connectivity index (χ2n) is 5.91. The van der Waals surface area contributed by atoms with Gasteiger partial charge in [0.2, 0.25) is 10.0 Å². The molecule has 3 rings (SSSR count). The van der Waals surface area contributed by atoms with Crippen LogP contribution in [0.25, 0.3) is 6.08 Å². The number of benzene rings is 1. The molecule has 2 aliphatic heterocycles. The molecule has 1 saturated heterocycles. The maximum absolute atomic E-state index is 12.4. The number of hydrogen-bond donors (Lipinski definition) is 1. The fraction of sp³-hybridized carbons (Fsp3) is 0.438. The molecule has 0 aromatic heterocycles. The summed E-state index contributed by atoms with van der Waals surface area (Å²) in [5.41, 5.74) is 1.49. The summed E-state index contributed by atoms with van der Waals surface area (Å²) in [4.78, 5) is 12.4. The van der Waals surface area contributed by atoms with Gasteiger partial charge in [0, 0.05) is 24.7 Å². The van der Waals surface area contributed by atoms with Crippen molar-refractivity contribution in [2.24, 2.45) is 0 Å². The predicted molar refractivity (Wildman–Crippen MR) is 87.5 cm³/mol. The van der Waals surface area contributed by atoms with Crippen LogP contribution in [-0.4, -0.2) is 50.6 Å². The van der Waals surface area contributed by atoms with Crippen molar-refractivity contribution < 1.29 is 17.9 Å². The number of amides is 1. The van der Waals surface area contributed by atoms with Gasteiger partial charge in [0.15, 0.2) is 0 Å². The molecular weight excluding hydrogens is 316 g/mol. The molecular formula is C16H20N2O4S. The number of sulfonamides is 1. The van der Waals surface area contributed by atoms with Crippen LogP contribution in [0.2, 0.25) is 0 Å². The SMILES string of the molecule is CS(=O)(=O)N1CCC(NC(=O)C2=Cc3ccccc3OC2)CC1. The van der Waals surface area contributed by atoms with Gasteiger partial charge in [0.05, 0.1) is 11.8 Å². The van der Waals surface area contributed by atoms with Crippen molar-refractivity contribution in [2.45, 2.75) is 18.9 Å². The van der Waals surface area contributed by atoms with Gasteiger partial charge >= 0.3 is 0 Å². The highest BCUT2D eigenvalue weighted by atomic mass is 32.2. The van der Waals surface area contributed by atoms with Crippen molar-refractivity contribution in [3.05, 3.63) is 35.4 Å². The first kappa shape index (κ1) is 16.0. The third-order valence-corrected chi connectivity index (χ3v) is 5.48. The Hall–Kier alpha value is -1.86. The van der Waals surface area contributed by atoms with Crippen LogP contribution in [0.1, 0.15) is 18.4 Å². The number of rotatable bonds is 3. The molecule has 0 unspecified atom stereocenters. The van der Waals surface area contributed by atoms with E-state index in [1.807, 2.05) is 30.3 Å². The third-order valence-electron chi connectivity index (χ3n) is 4.18. The number of carbonyl (C=O) groups excluding carboxylic acids is 1. The number of fused-ring (bicyclic) bond motifs is 1. The Morgan fingerprint density at radius 3 is 2.65 bits per heavy atom. The van der Waals surface area contributed by atoms with Gasteiger partial charge in [-0.1, -0.05) is 18.2 Å². The smallest absolute Gasteiger partial charge is 0.250 e. The van der Waals surface area contributed by atoms with Gasteiger partial charge in [-0.25, -0.2) is 12.7 Å². The number of para-hydroxylation sites is 1. The average molecular weight is 336 g/mol. The van der Waals surface area contributed by atoms with Crippen LogP contribution in [0.4, 0.5) is 0 Å². The van der Waals surface area contributed by atoms with Crippen LogP contribution >= 0.6 is 0 Å². The third kappa shape index (κ3) is 3.73. The van der Waals surface area contributed by atoms with Crippen molar-refractivity contribution in [1.82, 2.24) is 9.62 Å². The Kier molecular flexibility index (Phi) is 4.41. The van der Waals surface area contributed by atoms with Crippen LogP contribution in [0.3, 0.4) is 0 Å². The molecule has 0 spiro atoms. The standard InChI is InChI=1S/C16H20N2O4S/c1-23(20,21)18-8-6-14(7-9-18)17-16(19)13-10-12-4-2-3-5-15(12)22-11-13/h2-5,10,14H,6-9,11H2,1H3,(H,17,19). The molecule has 1 N–H and O–H groups in total. The number of nitrogens with one attached hydrogen (secondary N) is 1. The fourth-order valence-electron chi connectivity index (χ4n) is 2.86. The van der Waals surface area contributed by atoms with Gasteiger partial charge in [-0.3, -0.25) is 4.79 Å². The van der Waals surface area contributed by atoms with Crippen LogP contribution in [0.5, 0.6) is 5.75 Å². The van der Waals surface area contributed by atoms with Crippen LogP contribution < -0.4 is 10.1 Å². The highest BCUT2D eigenvalue weighted by Crippen LogP contribution is 2.26. The second kappa shape index (κ2) is 6.33. The molecule has 124 valence electrons. The predicted octanol–water partition coefficient (Wildman–Crippen LogP) is 1.00. The van der Waals surface area contributed by atoms with E-state index in [9.17, 15) is 13.2 Å². The maximum atomic E-state index is 12.4. The Balaban J connectivity index is 1.60. The summed E-state index contributed by atoms with van der Waals surface area (Å²) < 4.78 is 30.0. The van der Waals surface area contributed by atoms with E-state index in [0.717, 1.165) is 11.3 Å². The van der Waals surface area contributed by atoms with E-state index in [4.69, 9.17) is 4.74 Å². The van der Waals surface area contributed by atoms with Crippen molar-refractivity contribution in [3.8, 4) is 5.75 Å². The van der Waals surface area contributed by atoms with Crippen molar-refractivity contribution in [2.75, 3.05) is 26.0 Å². The normalized spacial score (nSPS) is 19.4. The molecule has 0 atom stereocenters. The molecule has 1 amide bonds. The number of hydrogen-bond acceptors (Lipinski definition) is 4. The summed E-state index contributed by atoms with van der Waals surface area (Å²) in [6.45, 7) is 1.15. The van der Waals surface area contributed by atoms with Crippen LogP contribution in [0, 0.1) is 0 Å². The van der Waals surface area contributed by atoms with Gasteiger partial charge in [0.25, 0.3) is 5.91 Å². The first-order valence-corrected chi connectivity index (χ1v) is 9.47. The Morgan fingerprint density at radius 2 is 1.96 bits per heavy atom. The van der Waals surface area contributed by atoms with Crippen LogP contribution in [-0.2, 0) is 14.8 Å². The van der Waals surface area contributed by atoms with E-state index in [-0.39, 0.29) is 18.6 Å². The van der Waals surface area contributed by atoms with E-state index in [2.05, 4.69) is 5.32 Å². The number of piperidine rings is 1. The van der Waals surface area contributed by atoms with Gasteiger partial charge in [0.1, 0.15) is 12.4 Å². The molecule has 1 aromatic rings. The monoisotopic (exact) mass is 336 g/mol. The molecule has 2 heterocycles. The minimum Gasteiger partial charge on any atom is -0.488 e. The van der Waals surface area contributed by atoms with Crippen molar-refractivity contribution in [3.63, 3.8) is 0 Å². The summed E-state index contributed by atoms with van der Waals surface area (Å²) >= 11 is 0. The lowest BCUT2D eigenvalue weighted by atomic mass is 10.0. The Labute approximate surface area is 136 Å². The molecule has 2 aliphatic rings. The van der Waals surface area contributed by atoms with Gasteiger partial charge in [-0.05, 0) is 25.0 Å². The highest BCUT2D eigenvalue weighted by Gasteiger charge is 2.27. The van der Waals surface area contributed by atoms with E-state index >= 15 is 0 Å². The molecule has 1 fully saturated rings. The number of carbonyl (C=O) groups is 1. The minimum absolute atomic E-state index is 0.00132. The first-order valence-electron chi connectivity index (χ1n) is 7.62. The lowest BCUT2D eigenvalue weighted by Crippen LogP contribution is -2.46. The fourth-order valence-corrected chi connectivity index (χ4v) is 3.73. The zero-order chi connectivity index (χ0) is 16.4. The molecule has 6 nitrogen and oxygen atoms in total. The molecule has 7 heteroatoms. The largest absolute Gasteiger partial charge is 0.488 e. The summed E-state index contributed by atoms with van der Waals surface area (Å²) in [6, 6.07) is 7.58. The Morgan fingerprint density at radius 1 is 1.26 bits per heavy atom. The highest BCUT2D eigenvalue weighted by molar-refractivity contribution is 7.88. The lowest BCUT2D eigenvalue weighted by Gasteiger charge is -2.31. The minimum atomic E-state index is -3.14. The van der Waals surface area contributed by atoms with E-state index in [0.29, 0.717) is 31.5 Å². The first-order chi connectivity index (χ1) is 10.9. The van der Waals surface area contributed by atoms with E-state index in [1.54, 1.807) is 0 Å². The zero-order valence-corrected chi connectivity index (χ0v) is 13.8. The van der Waals surface area contributed by atoms with Crippen molar-refractivity contribution >= 4 is 22.0 Å². The topological polar surface area (TPSA) is 75.7 Å². The average Bonchev–Trinajstić information content (AvgIpc) is 2.54. The molecule has 0 aliphatic carbocycles. The number of ether oxygens (including phenoxy) is 1. The van der Waals surface area contributed by atoms with E-state index < -0.39 is 10.0 Å². The van der Waals surface area contributed by atoms with Crippen LogP contribution in [0.15, 0.2) is 29.8 Å². The van der Waals surface area contributed by atoms with Gasteiger partial charge < -0.3 is 10.1 Å². The molecule has 0 saturated carbocycles. The summed E-state index contributed by atoms with van der Waals surface area (Å²) in [5.74, 6) is 0.641. The molecule has 0 radical (unpaired) electrons. The summed E-state index contributed by atoms with van der Waals surface area (Å²) in [7, 11) is -3.14. The molecule has 1 aromatic carbocycles. The van der Waals surface area contributed by atoms with Crippen molar-refractivity contribution in [1.29, 1.82) is 0 Å². The summed E-state index contributed by atoms with van der Waals surface area (Å²) in [6.07, 6.45) is 4.32. The zero-order valence-electron chi connectivity index (χ0n) is 13.0. The maximum Gasteiger partial charge on any atom is 0.250 e.